The molecular formula is C16H24ClNO. The summed E-state index contributed by atoms with van der Waals surface area (Å²) >= 11 is 6.03. The van der Waals surface area contributed by atoms with Gasteiger partial charge in [0.2, 0.25) is 0 Å². The predicted octanol–water partition coefficient (Wildman–Crippen LogP) is 3.97. The van der Waals surface area contributed by atoms with Gasteiger partial charge < -0.3 is 10.1 Å². The van der Waals surface area contributed by atoms with Crippen molar-refractivity contribution < 1.29 is 4.74 Å². The van der Waals surface area contributed by atoms with Gasteiger partial charge in [0.05, 0.1) is 6.10 Å². The number of ether oxygens (including phenoxy) is 1. The number of aryl methyl sites for hydroxylation is 1. The first-order valence-electron chi connectivity index (χ1n) is 7.16. The molecule has 3 heteroatoms. The highest BCUT2D eigenvalue weighted by atomic mass is 35.5. The van der Waals surface area contributed by atoms with Crippen LogP contribution in [-0.4, -0.2) is 19.7 Å². The van der Waals surface area contributed by atoms with Crippen LogP contribution >= 0.6 is 11.6 Å². The summed E-state index contributed by atoms with van der Waals surface area (Å²) in [7, 11) is 0. The fraction of sp³-hybridized carbons (Fsp3) is 0.625. The van der Waals surface area contributed by atoms with Crippen molar-refractivity contribution in [1.82, 2.24) is 5.32 Å². The highest BCUT2D eigenvalue weighted by Crippen LogP contribution is 2.36. The van der Waals surface area contributed by atoms with Gasteiger partial charge in [0.1, 0.15) is 0 Å². The van der Waals surface area contributed by atoms with E-state index in [0.29, 0.717) is 11.8 Å². The number of hydrogen-bond donors (Lipinski definition) is 1. The molecule has 19 heavy (non-hydrogen) atoms. The smallest absolute Gasteiger partial charge is 0.0868 e. The Labute approximate surface area is 121 Å². The van der Waals surface area contributed by atoms with Gasteiger partial charge >= 0.3 is 0 Å². The molecule has 2 rings (SSSR count). The summed E-state index contributed by atoms with van der Waals surface area (Å²) < 4.78 is 5.95. The monoisotopic (exact) mass is 281 g/mol. The molecule has 0 aromatic heterocycles. The summed E-state index contributed by atoms with van der Waals surface area (Å²) in [6.07, 6.45) is 1.36. The Kier molecular flexibility index (Phi) is 5.26. The van der Waals surface area contributed by atoms with Gasteiger partial charge in [-0.1, -0.05) is 31.5 Å². The van der Waals surface area contributed by atoms with E-state index in [2.05, 4.69) is 32.2 Å². The molecule has 1 aliphatic rings. The van der Waals surface area contributed by atoms with Gasteiger partial charge in [-0.05, 0) is 49.1 Å². The average molecular weight is 282 g/mol. The molecule has 0 aliphatic carbocycles. The first-order chi connectivity index (χ1) is 9.08. The van der Waals surface area contributed by atoms with Crippen LogP contribution in [0.1, 0.15) is 37.5 Å². The van der Waals surface area contributed by atoms with E-state index >= 15 is 0 Å². The minimum atomic E-state index is 0.219. The molecule has 106 valence electrons. The topological polar surface area (TPSA) is 21.3 Å². The van der Waals surface area contributed by atoms with Crippen molar-refractivity contribution in [2.45, 2.75) is 33.3 Å². The molecule has 2 nitrogen and oxygen atoms in total. The third-order valence-electron chi connectivity index (χ3n) is 3.71. The summed E-state index contributed by atoms with van der Waals surface area (Å²) in [6, 6.07) is 6.10. The molecule has 1 heterocycles. The maximum atomic E-state index is 6.03. The zero-order valence-electron chi connectivity index (χ0n) is 12.1. The van der Waals surface area contributed by atoms with Crippen LogP contribution in [0.3, 0.4) is 0 Å². The summed E-state index contributed by atoms with van der Waals surface area (Å²) in [5.74, 6) is 1.26. The lowest BCUT2D eigenvalue weighted by atomic mass is 9.92. The van der Waals surface area contributed by atoms with Gasteiger partial charge in [0, 0.05) is 24.1 Å². The minimum absolute atomic E-state index is 0.219. The lowest BCUT2D eigenvalue weighted by molar-refractivity contribution is 0.0899. The van der Waals surface area contributed by atoms with E-state index in [4.69, 9.17) is 16.3 Å². The van der Waals surface area contributed by atoms with Crippen molar-refractivity contribution in [3.63, 3.8) is 0 Å². The molecule has 1 aliphatic heterocycles. The normalized spacial score (nSPS) is 23.2. The second kappa shape index (κ2) is 6.74. The number of benzene rings is 1. The quantitative estimate of drug-likeness (QED) is 0.882. The van der Waals surface area contributed by atoms with Crippen molar-refractivity contribution in [2.75, 3.05) is 19.7 Å². The third-order valence-corrected chi connectivity index (χ3v) is 3.95. The van der Waals surface area contributed by atoms with Crippen molar-refractivity contribution in [1.29, 1.82) is 0 Å². The van der Waals surface area contributed by atoms with Gasteiger partial charge in [0.15, 0.2) is 0 Å². The zero-order valence-corrected chi connectivity index (χ0v) is 12.8. The van der Waals surface area contributed by atoms with Crippen molar-refractivity contribution in [3.05, 3.63) is 34.3 Å². The lowest BCUT2D eigenvalue weighted by Crippen LogP contribution is -2.28. The molecule has 1 fully saturated rings. The lowest BCUT2D eigenvalue weighted by Gasteiger charge is -2.21. The maximum absolute atomic E-state index is 6.03. The number of nitrogens with one attached hydrogen (secondary N) is 1. The van der Waals surface area contributed by atoms with E-state index in [9.17, 15) is 0 Å². The van der Waals surface area contributed by atoms with Crippen LogP contribution in [0.25, 0.3) is 0 Å². The Morgan fingerprint density at radius 1 is 1.42 bits per heavy atom. The Bertz CT molecular complexity index is 419. The first-order valence-corrected chi connectivity index (χ1v) is 7.54. The van der Waals surface area contributed by atoms with Gasteiger partial charge in [-0.3, -0.25) is 0 Å². The molecule has 1 N–H and O–H groups in total. The van der Waals surface area contributed by atoms with E-state index in [0.717, 1.165) is 31.1 Å². The van der Waals surface area contributed by atoms with Crippen molar-refractivity contribution in [2.24, 2.45) is 11.8 Å². The fourth-order valence-corrected chi connectivity index (χ4v) is 2.93. The van der Waals surface area contributed by atoms with Crippen LogP contribution < -0.4 is 5.32 Å². The average Bonchev–Trinajstić information content (AvgIpc) is 2.77. The molecular weight excluding hydrogens is 258 g/mol. The van der Waals surface area contributed by atoms with Crippen LogP contribution in [0.5, 0.6) is 0 Å². The molecule has 1 aromatic rings. The van der Waals surface area contributed by atoms with E-state index in [-0.39, 0.29) is 6.10 Å². The van der Waals surface area contributed by atoms with Crippen LogP contribution in [-0.2, 0) is 4.74 Å². The van der Waals surface area contributed by atoms with E-state index in [1.165, 1.54) is 11.1 Å². The third kappa shape index (κ3) is 3.95. The van der Waals surface area contributed by atoms with E-state index in [1.54, 1.807) is 0 Å². The molecule has 1 aromatic carbocycles. The second-order valence-corrected chi connectivity index (χ2v) is 6.33. The SMILES string of the molecule is Cc1cc(Cl)ccc1C1OCCC1CNCC(C)C. The maximum Gasteiger partial charge on any atom is 0.0868 e. The Morgan fingerprint density at radius 3 is 2.89 bits per heavy atom. The molecule has 2 atom stereocenters. The fourth-order valence-electron chi connectivity index (χ4n) is 2.70. The largest absolute Gasteiger partial charge is 0.373 e. The summed E-state index contributed by atoms with van der Waals surface area (Å²) in [5.41, 5.74) is 2.52. The molecule has 0 amide bonds. The Hall–Kier alpha value is -0.570. The Morgan fingerprint density at radius 2 is 2.21 bits per heavy atom. The summed E-state index contributed by atoms with van der Waals surface area (Å²) in [4.78, 5) is 0. The molecule has 2 unspecified atom stereocenters. The van der Waals surface area contributed by atoms with Gasteiger partial charge in [-0.25, -0.2) is 0 Å². The summed E-state index contributed by atoms with van der Waals surface area (Å²) in [6.45, 7) is 9.55. The van der Waals surface area contributed by atoms with Crippen molar-refractivity contribution in [3.8, 4) is 0 Å². The predicted molar refractivity (Wildman–Crippen MR) is 80.7 cm³/mol. The van der Waals surface area contributed by atoms with E-state index < -0.39 is 0 Å². The molecule has 1 saturated heterocycles. The number of halogens is 1. The Balaban J connectivity index is 2.01. The van der Waals surface area contributed by atoms with E-state index in [1.807, 2.05) is 12.1 Å². The van der Waals surface area contributed by atoms with Crippen LogP contribution in [0.4, 0.5) is 0 Å². The minimum Gasteiger partial charge on any atom is -0.373 e. The second-order valence-electron chi connectivity index (χ2n) is 5.89. The van der Waals surface area contributed by atoms with Crippen LogP contribution in [0.15, 0.2) is 18.2 Å². The zero-order chi connectivity index (χ0) is 13.8. The van der Waals surface area contributed by atoms with Crippen molar-refractivity contribution >= 4 is 11.6 Å². The standard InChI is InChI=1S/C16H24ClNO/c1-11(2)9-18-10-13-6-7-19-16(13)15-5-4-14(17)8-12(15)3/h4-5,8,11,13,16,18H,6-7,9-10H2,1-3H3. The molecule has 0 saturated carbocycles. The highest BCUT2D eigenvalue weighted by Gasteiger charge is 2.30. The highest BCUT2D eigenvalue weighted by molar-refractivity contribution is 6.30. The van der Waals surface area contributed by atoms with Gasteiger partial charge in [-0.15, -0.1) is 0 Å². The molecule has 0 spiro atoms. The molecule has 0 bridgehead atoms. The first kappa shape index (κ1) is 14.8. The molecule has 0 radical (unpaired) electrons. The van der Waals surface area contributed by atoms with Crippen LogP contribution in [0.2, 0.25) is 5.02 Å². The van der Waals surface area contributed by atoms with Crippen LogP contribution in [0, 0.1) is 18.8 Å². The van der Waals surface area contributed by atoms with Gasteiger partial charge in [-0.2, -0.15) is 0 Å². The number of hydrogen-bond acceptors (Lipinski definition) is 2. The van der Waals surface area contributed by atoms with Gasteiger partial charge in [0.25, 0.3) is 0 Å². The number of rotatable bonds is 5. The summed E-state index contributed by atoms with van der Waals surface area (Å²) in [5, 5.41) is 4.35.